The van der Waals surface area contributed by atoms with E-state index in [9.17, 15) is 14.4 Å². The number of rotatable bonds is 3. The first-order chi connectivity index (χ1) is 8.63. The average molecular weight is 247 g/mol. The molecule has 1 unspecified atom stereocenters. The molecule has 1 amide bonds. The van der Waals surface area contributed by atoms with Crippen LogP contribution in [0.5, 0.6) is 0 Å². The van der Waals surface area contributed by atoms with Crippen LogP contribution in [0.4, 0.5) is 0 Å². The van der Waals surface area contributed by atoms with Gasteiger partial charge in [-0.25, -0.2) is 4.79 Å². The van der Waals surface area contributed by atoms with Crippen molar-refractivity contribution in [2.45, 2.75) is 18.9 Å². The molecule has 0 bridgehead atoms. The SMILES string of the molecule is O=Cc1ccc(C(=O)N2CCCC2C(=O)O)cc1. The molecule has 0 saturated carbocycles. The van der Waals surface area contributed by atoms with Crippen LogP contribution in [-0.2, 0) is 4.79 Å². The molecule has 1 heterocycles. The van der Waals surface area contributed by atoms with Crippen molar-refractivity contribution >= 4 is 18.2 Å². The summed E-state index contributed by atoms with van der Waals surface area (Å²) in [6.45, 7) is 0.464. The second kappa shape index (κ2) is 5.00. The summed E-state index contributed by atoms with van der Waals surface area (Å²) in [7, 11) is 0. The lowest BCUT2D eigenvalue weighted by atomic mass is 10.1. The van der Waals surface area contributed by atoms with Gasteiger partial charge in [-0.1, -0.05) is 12.1 Å². The summed E-state index contributed by atoms with van der Waals surface area (Å²) in [5.74, 6) is -1.26. The van der Waals surface area contributed by atoms with Gasteiger partial charge in [0.25, 0.3) is 5.91 Å². The number of benzene rings is 1. The number of hydrogen-bond donors (Lipinski definition) is 1. The first-order valence-electron chi connectivity index (χ1n) is 5.72. The van der Waals surface area contributed by atoms with Crippen LogP contribution in [0.15, 0.2) is 24.3 Å². The molecule has 1 aromatic rings. The van der Waals surface area contributed by atoms with Gasteiger partial charge in [-0.3, -0.25) is 9.59 Å². The topological polar surface area (TPSA) is 74.7 Å². The van der Waals surface area contributed by atoms with Gasteiger partial charge in [0.15, 0.2) is 0 Å². The van der Waals surface area contributed by atoms with Crippen molar-refractivity contribution in [2.24, 2.45) is 0 Å². The van der Waals surface area contributed by atoms with Crippen LogP contribution in [0.1, 0.15) is 33.6 Å². The maximum absolute atomic E-state index is 12.1. The van der Waals surface area contributed by atoms with Gasteiger partial charge in [0.05, 0.1) is 0 Å². The largest absolute Gasteiger partial charge is 0.480 e. The van der Waals surface area contributed by atoms with Gasteiger partial charge in [0.1, 0.15) is 12.3 Å². The van der Waals surface area contributed by atoms with Crippen molar-refractivity contribution in [1.82, 2.24) is 4.90 Å². The summed E-state index contributed by atoms with van der Waals surface area (Å²) in [4.78, 5) is 35.0. The smallest absolute Gasteiger partial charge is 0.326 e. The zero-order valence-electron chi connectivity index (χ0n) is 9.70. The highest BCUT2D eigenvalue weighted by Gasteiger charge is 2.34. The van der Waals surface area contributed by atoms with Crippen LogP contribution in [0.3, 0.4) is 0 Å². The van der Waals surface area contributed by atoms with Gasteiger partial charge < -0.3 is 10.0 Å². The standard InChI is InChI=1S/C13H13NO4/c15-8-9-3-5-10(6-4-9)12(16)14-7-1-2-11(14)13(17)18/h3-6,8,11H,1-2,7H2,(H,17,18). The van der Waals surface area contributed by atoms with E-state index in [0.717, 1.165) is 0 Å². The fraction of sp³-hybridized carbons (Fsp3) is 0.308. The zero-order valence-corrected chi connectivity index (χ0v) is 9.70. The van der Waals surface area contributed by atoms with E-state index in [1.165, 1.54) is 4.90 Å². The third kappa shape index (κ3) is 2.25. The van der Waals surface area contributed by atoms with Crippen molar-refractivity contribution in [3.8, 4) is 0 Å². The molecule has 1 atom stereocenters. The van der Waals surface area contributed by atoms with Gasteiger partial charge in [0, 0.05) is 17.7 Å². The molecule has 1 aliphatic heterocycles. The van der Waals surface area contributed by atoms with Gasteiger partial charge in [-0.05, 0) is 25.0 Å². The Morgan fingerprint density at radius 3 is 2.50 bits per heavy atom. The summed E-state index contributed by atoms with van der Waals surface area (Å²) in [5, 5.41) is 9.02. The number of carboxylic acids is 1. The van der Waals surface area contributed by atoms with E-state index < -0.39 is 12.0 Å². The van der Waals surface area contributed by atoms with Crippen LogP contribution in [-0.4, -0.2) is 40.8 Å². The molecule has 0 aliphatic carbocycles. The number of aldehydes is 1. The summed E-state index contributed by atoms with van der Waals surface area (Å²) in [6.07, 6.45) is 1.90. The molecule has 1 aliphatic rings. The van der Waals surface area contributed by atoms with E-state index in [2.05, 4.69) is 0 Å². The molecule has 18 heavy (non-hydrogen) atoms. The Balaban J connectivity index is 2.19. The normalized spacial score (nSPS) is 18.7. The summed E-state index contributed by atoms with van der Waals surface area (Å²) >= 11 is 0. The van der Waals surface area contributed by atoms with E-state index in [-0.39, 0.29) is 5.91 Å². The molecule has 94 valence electrons. The lowest BCUT2D eigenvalue weighted by Crippen LogP contribution is -2.40. The first kappa shape index (κ1) is 12.3. The van der Waals surface area contributed by atoms with Crippen molar-refractivity contribution in [3.05, 3.63) is 35.4 Å². The van der Waals surface area contributed by atoms with Crippen LogP contribution in [0.25, 0.3) is 0 Å². The van der Waals surface area contributed by atoms with Crippen LogP contribution >= 0.6 is 0 Å². The number of likely N-dealkylation sites (tertiary alicyclic amines) is 1. The van der Waals surface area contributed by atoms with Crippen molar-refractivity contribution in [1.29, 1.82) is 0 Å². The summed E-state index contributed by atoms with van der Waals surface area (Å²) in [6, 6.07) is 5.45. The number of amides is 1. The van der Waals surface area contributed by atoms with Gasteiger partial charge in [-0.2, -0.15) is 0 Å². The predicted octanol–water partition coefficient (Wildman–Crippen LogP) is 1.19. The predicted molar refractivity (Wildman–Crippen MR) is 63.5 cm³/mol. The maximum Gasteiger partial charge on any atom is 0.326 e. The maximum atomic E-state index is 12.1. The number of hydrogen-bond acceptors (Lipinski definition) is 3. The summed E-state index contributed by atoms with van der Waals surface area (Å²) in [5.41, 5.74) is 0.900. The lowest BCUT2D eigenvalue weighted by Gasteiger charge is -2.21. The number of carbonyl (C=O) groups excluding carboxylic acids is 2. The molecule has 1 fully saturated rings. The lowest BCUT2D eigenvalue weighted by molar-refractivity contribution is -0.141. The molecule has 0 aromatic heterocycles. The van der Waals surface area contributed by atoms with E-state index in [0.29, 0.717) is 36.8 Å². The Morgan fingerprint density at radius 2 is 1.94 bits per heavy atom. The molecule has 1 aromatic carbocycles. The first-order valence-corrected chi connectivity index (χ1v) is 5.72. The molecule has 1 saturated heterocycles. The highest BCUT2D eigenvalue weighted by Crippen LogP contribution is 2.20. The molecular weight excluding hydrogens is 234 g/mol. The number of carbonyl (C=O) groups is 3. The zero-order chi connectivity index (χ0) is 13.1. The average Bonchev–Trinajstić information content (AvgIpc) is 2.87. The third-order valence-corrected chi connectivity index (χ3v) is 3.09. The Bertz CT molecular complexity index is 480. The number of aliphatic carboxylic acids is 1. The molecule has 5 heteroatoms. The van der Waals surface area contributed by atoms with E-state index in [1.807, 2.05) is 0 Å². The van der Waals surface area contributed by atoms with Crippen LogP contribution in [0.2, 0.25) is 0 Å². The van der Waals surface area contributed by atoms with Gasteiger partial charge in [-0.15, -0.1) is 0 Å². The number of carboxylic acid groups (broad SMARTS) is 1. The Labute approximate surface area is 104 Å². The second-order valence-corrected chi connectivity index (χ2v) is 4.23. The molecule has 1 N–H and O–H groups in total. The van der Waals surface area contributed by atoms with Crippen molar-refractivity contribution in [2.75, 3.05) is 6.54 Å². The molecule has 0 spiro atoms. The molecular formula is C13H13NO4. The highest BCUT2D eigenvalue weighted by atomic mass is 16.4. The Morgan fingerprint density at radius 1 is 1.28 bits per heavy atom. The fourth-order valence-corrected chi connectivity index (χ4v) is 2.14. The number of nitrogens with zero attached hydrogens (tertiary/aromatic N) is 1. The summed E-state index contributed by atoms with van der Waals surface area (Å²) < 4.78 is 0. The second-order valence-electron chi connectivity index (χ2n) is 4.23. The molecule has 5 nitrogen and oxygen atoms in total. The van der Waals surface area contributed by atoms with E-state index in [4.69, 9.17) is 5.11 Å². The van der Waals surface area contributed by atoms with Gasteiger partial charge >= 0.3 is 5.97 Å². The van der Waals surface area contributed by atoms with Crippen molar-refractivity contribution in [3.63, 3.8) is 0 Å². The minimum absolute atomic E-state index is 0.294. The quantitative estimate of drug-likeness (QED) is 0.814. The monoisotopic (exact) mass is 247 g/mol. The van der Waals surface area contributed by atoms with Crippen LogP contribution < -0.4 is 0 Å². The van der Waals surface area contributed by atoms with Gasteiger partial charge in [0.2, 0.25) is 0 Å². The van der Waals surface area contributed by atoms with E-state index >= 15 is 0 Å². The minimum Gasteiger partial charge on any atom is -0.480 e. The third-order valence-electron chi connectivity index (χ3n) is 3.09. The molecule has 2 rings (SSSR count). The Hall–Kier alpha value is -2.17. The minimum atomic E-state index is -0.967. The highest BCUT2D eigenvalue weighted by molar-refractivity contribution is 5.97. The molecule has 0 radical (unpaired) electrons. The fourth-order valence-electron chi connectivity index (χ4n) is 2.14. The van der Waals surface area contributed by atoms with Crippen molar-refractivity contribution < 1.29 is 19.5 Å². The van der Waals surface area contributed by atoms with Crippen LogP contribution in [0, 0.1) is 0 Å². The van der Waals surface area contributed by atoms with E-state index in [1.54, 1.807) is 24.3 Å². The Kier molecular flexibility index (Phi) is 3.41.